The molecule has 0 amide bonds. The van der Waals surface area contributed by atoms with Gasteiger partial charge in [-0.2, -0.15) is 0 Å². The van der Waals surface area contributed by atoms with Gasteiger partial charge in [0.1, 0.15) is 0 Å². The van der Waals surface area contributed by atoms with Gasteiger partial charge in [-0.05, 0) is 42.7 Å². The second-order valence-electron chi connectivity index (χ2n) is 12.4. The summed E-state index contributed by atoms with van der Waals surface area (Å²) in [5.41, 5.74) is 0.970. The molecule has 1 aliphatic heterocycles. The lowest BCUT2D eigenvalue weighted by Crippen LogP contribution is -2.52. The Labute approximate surface area is 204 Å². The standard InChI is InChI=1S/C26H48O5Si2/c1-25(2,3)32(7,8)29-17-16-22(31-33(9,10)26(4,5)6)21-19-28-24(30-23(21)18-27)20-14-12-11-13-15-20/h11-15,21-24,27H,16-19H2,1-10H3/t21-,22-,23-,24+/m0/s1. The molecule has 1 saturated heterocycles. The van der Waals surface area contributed by atoms with Crippen molar-refractivity contribution in [2.24, 2.45) is 5.92 Å². The number of hydrogen-bond acceptors (Lipinski definition) is 5. The van der Waals surface area contributed by atoms with E-state index in [1.165, 1.54) is 0 Å². The Morgan fingerprint density at radius 2 is 1.55 bits per heavy atom. The van der Waals surface area contributed by atoms with Crippen molar-refractivity contribution in [2.45, 2.75) is 103 Å². The number of aliphatic hydroxyl groups excluding tert-OH is 1. The van der Waals surface area contributed by atoms with E-state index in [0.29, 0.717) is 13.2 Å². The van der Waals surface area contributed by atoms with E-state index >= 15 is 0 Å². The van der Waals surface area contributed by atoms with E-state index in [9.17, 15) is 5.11 Å². The highest BCUT2D eigenvalue weighted by molar-refractivity contribution is 6.74. The lowest BCUT2D eigenvalue weighted by atomic mass is 9.93. The molecule has 0 aromatic heterocycles. The third-order valence-electron chi connectivity index (χ3n) is 7.87. The predicted octanol–water partition coefficient (Wildman–Crippen LogP) is 6.51. The van der Waals surface area contributed by atoms with Crippen molar-refractivity contribution in [2.75, 3.05) is 19.8 Å². The van der Waals surface area contributed by atoms with E-state index in [1.807, 2.05) is 30.3 Å². The summed E-state index contributed by atoms with van der Waals surface area (Å²) >= 11 is 0. The highest BCUT2D eigenvalue weighted by Gasteiger charge is 2.45. The fourth-order valence-electron chi connectivity index (χ4n) is 3.48. The van der Waals surface area contributed by atoms with Gasteiger partial charge in [0, 0.05) is 18.1 Å². The smallest absolute Gasteiger partial charge is 0.192 e. The summed E-state index contributed by atoms with van der Waals surface area (Å²) in [7, 11) is -3.90. The van der Waals surface area contributed by atoms with Crippen molar-refractivity contribution in [3.05, 3.63) is 35.9 Å². The van der Waals surface area contributed by atoms with Gasteiger partial charge in [0.25, 0.3) is 0 Å². The molecule has 2 rings (SSSR count). The zero-order chi connectivity index (χ0) is 25.1. The van der Waals surface area contributed by atoms with Crippen LogP contribution in [0.25, 0.3) is 0 Å². The van der Waals surface area contributed by atoms with Gasteiger partial charge < -0.3 is 23.4 Å². The molecule has 0 spiro atoms. The van der Waals surface area contributed by atoms with Gasteiger partial charge in [0.15, 0.2) is 22.9 Å². The normalized spacial score (nSPS) is 24.0. The van der Waals surface area contributed by atoms with Gasteiger partial charge in [-0.1, -0.05) is 71.9 Å². The van der Waals surface area contributed by atoms with Crippen molar-refractivity contribution in [3.63, 3.8) is 0 Å². The summed E-state index contributed by atoms with van der Waals surface area (Å²) in [6, 6.07) is 9.92. The largest absolute Gasteiger partial charge is 0.417 e. The van der Waals surface area contributed by atoms with Crippen LogP contribution in [0.1, 0.15) is 59.8 Å². The Morgan fingerprint density at radius 1 is 0.970 bits per heavy atom. The van der Waals surface area contributed by atoms with Crippen LogP contribution in [0.2, 0.25) is 36.3 Å². The third-order valence-corrected chi connectivity index (χ3v) is 16.9. The molecule has 4 atom stereocenters. The number of ether oxygens (including phenoxy) is 2. The molecule has 0 saturated carbocycles. The number of rotatable bonds is 9. The van der Waals surface area contributed by atoms with Crippen LogP contribution in [-0.2, 0) is 18.3 Å². The molecule has 5 nitrogen and oxygen atoms in total. The first kappa shape index (κ1) is 28.7. The molecule has 0 unspecified atom stereocenters. The minimum atomic E-state index is -2.04. The summed E-state index contributed by atoms with van der Waals surface area (Å²) in [6.07, 6.45) is -0.129. The van der Waals surface area contributed by atoms with Gasteiger partial charge in [-0.3, -0.25) is 0 Å². The van der Waals surface area contributed by atoms with Crippen LogP contribution < -0.4 is 0 Å². The van der Waals surface area contributed by atoms with E-state index in [-0.39, 0.29) is 34.8 Å². The molecule has 1 aromatic rings. The van der Waals surface area contributed by atoms with Crippen LogP contribution in [0.15, 0.2) is 30.3 Å². The second-order valence-corrected chi connectivity index (χ2v) is 22.0. The molecule has 0 bridgehead atoms. The zero-order valence-corrected chi connectivity index (χ0v) is 24.6. The summed E-state index contributed by atoms with van der Waals surface area (Å²) in [5, 5.41) is 10.5. The van der Waals surface area contributed by atoms with Crippen LogP contribution in [0.4, 0.5) is 0 Å². The molecule has 0 aliphatic carbocycles. The van der Waals surface area contributed by atoms with E-state index in [2.05, 4.69) is 67.7 Å². The molecule has 33 heavy (non-hydrogen) atoms. The topological polar surface area (TPSA) is 57.2 Å². The lowest BCUT2D eigenvalue weighted by Gasteiger charge is -2.45. The zero-order valence-electron chi connectivity index (χ0n) is 22.6. The maximum atomic E-state index is 10.2. The van der Waals surface area contributed by atoms with Crippen LogP contribution in [0, 0.1) is 5.92 Å². The van der Waals surface area contributed by atoms with Gasteiger partial charge in [0.05, 0.1) is 25.4 Å². The molecular weight excluding hydrogens is 448 g/mol. The highest BCUT2D eigenvalue weighted by atomic mass is 28.4. The average molecular weight is 497 g/mol. The number of aliphatic hydroxyl groups is 1. The Hall–Kier alpha value is -0.546. The van der Waals surface area contributed by atoms with Crippen molar-refractivity contribution in [1.82, 2.24) is 0 Å². The highest BCUT2D eigenvalue weighted by Crippen LogP contribution is 2.41. The maximum absolute atomic E-state index is 10.2. The van der Waals surface area contributed by atoms with Crippen molar-refractivity contribution in [3.8, 4) is 0 Å². The fraction of sp³-hybridized carbons (Fsp3) is 0.769. The molecule has 0 radical (unpaired) electrons. The molecule has 7 heteroatoms. The predicted molar refractivity (Wildman–Crippen MR) is 140 cm³/mol. The SMILES string of the molecule is CC(C)(C)[Si](C)(C)OCC[C@H](O[Si](C)(C)C(C)(C)C)[C@@H]1CO[C@@H](c2ccccc2)O[C@H]1CO. The average Bonchev–Trinajstić information content (AvgIpc) is 2.71. The molecule has 1 fully saturated rings. The minimum Gasteiger partial charge on any atom is -0.417 e. The Morgan fingerprint density at radius 3 is 2.06 bits per heavy atom. The van der Waals surface area contributed by atoms with Crippen molar-refractivity contribution < 1.29 is 23.4 Å². The molecular formula is C26H48O5Si2. The van der Waals surface area contributed by atoms with E-state index in [1.54, 1.807) is 0 Å². The summed E-state index contributed by atoms with van der Waals surface area (Å²) < 4.78 is 25.8. The second kappa shape index (κ2) is 11.0. The van der Waals surface area contributed by atoms with Crippen molar-refractivity contribution in [1.29, 1.82) is 0 Å². The van der Waals surface area contributed by atoms with E-state index in [4.69, 9.17) is 18.3 Å². The van der Waals surface area contributed by atoms with Crippen molar-refractivity contribution >= 4 is 16.6 Å². The van der Waals surface area contributed by atoms with E-state index in [0.717, 1.165) is 12.0 Å². The van der Waals surface area contributed by atoms with Crippen LogP contribution in [0.3, 0.4) is 0 Å². The van der Waals surface area contributed by atoms with Gasteiger partial charge in [0.2, 0.25) is 0 Å². The van der Waals surface area contributed by atoms with Gasteiger partial charge in [-0.15, -0.1) is 0 Å². The summed E-state index contributed by atoms with van der Waals surface area (Å²) in [6.45, 7) is 23.7. The lowest BCUT2D eigenvalue weighted by molar-refractivity contribution is -0.260. The Balaban J connectivity index is 2.19. The van der Waals surface area contributed by atoms with Crippen LogP contribution in [-0.4, -0.2) is 53.8 Å². The number of benzene rings is 1. The van der Waals surface area contributed by atoms with Crippen LogP contribution in [0.5, 0.6) is 0 Å². The monoisotopic (exact) mass is 496 g/mol. The first-order chi connectivity index (χ1) is 15.1. The first-order valence-electron chi connectivity index (χ1n) is 12.3. The third kappa shape index (κ3) is 7.47. The van der Waals surface area contributed by atoms with E-state index < -0.39 is 22.9 Å². The van der Waals surface area contributed by atoms with Crippen LogP contribution >= 0.6 is 0 Å². The Kier molecular flexibility index (Phi) is 9.58. The summed E-state index contributed by atoms with van der Waals surface area (Å²) in [4.78, 5) is 0. The number of hydrogen-bond donors (Lipinski definition) is 1. The minimum absolute atomic E-state index is 0.0490. The molecule has 1 heterocycles. The molecule has 190 valence electrons. The van der Waals surface area contributed by atoms with Gasteiger partial charge in [-0.25, -0.2) is 0 Å². The van der Waals surface area contributed by atoms with Gasteiger partial charge >= 0.3 is 0 Å². The summed E-state index contributed by atoms with van der Waals surface area (Å²) in [5.74, 6) is -0.0490. The molecule has 1 N–H and O–H groups in total. The fourth-order valence-corrected chi connectivity index (χ4v) is 5.94. The first-order valence-corrected chi connectivity index (χ1v) is 18.2. The quantitative estimate of drug-likeness (QED) is 0.395. The maximum Gasteiger partial charge on any atom is 0.192 e. The Bertz CT molecular complexity index is 724. The molecule has 1 aliphatic rings. The molecule has 1 aromatic carbocycles.